The molecule has 5 heterocycles. The van der Waals surface area contributed by atoms with E-state index in [0.717, 1.165) is 45.4 Å². The topological polar surface area (TPSA) is 78.0 Å². The number of aromatic nitrogens is 4. The average molecular weight is 403 g/mol. The molecule has 0 saturated carbocycles. The van der Waals surface area contributed by atoms with Crippen molar-refractivity contribution in [3.05, 3.63) is 77.9 Å². The van der Waals surface area contributed by atoms with Crippen LogP contribution in [0.3, 0.4) is 0 Å². The third kappa shape index (κ3) is 3.73. The van der Waals surface area contributed by atoms with Crippen molar-refractivity contribution in [2.24, 2.45) is 5.92 Å². The smallest absolute Gasteiger partial charge is 0.255 e. The fourth-order valence-electron chi connectivity index (χ4n) is 4.87. The fourth-order valence-corrected chi connectivity index (χ4v) is 4.87. The van der Waals surface area contributed by atoms with Crippen molar-refractivity contribution in [2.75, 3.05) is 19.6 Å². The zero-order valence-corrected chi connectivity index (χ0v) is 16.9. The number of hydrogen-bond acceptors (Lipinski definition) is 5. The second kappa shape index (κ2) is 8.36. The van der Waals surface area contributed by atoms with Gasteiger partial charge in [-0.1, -0.05) is 6.07 Å². The zero-order valence-electron chi connectivity index (χ0n) is 16.9. The van der Waals surface area contributed by atoms with Crippen molar-refractivity contribution in [3.8, 4) is 0 Å². The summed E-state index contributed by atoms with van der Waals surface area (Å²) < 4.78 is 0. The van der Waals surface area contributed by atoms with Crippen molar-refractivity contribution in [2.45, 2.75) is 31.8 Å². The van der Waals surface area contributed by atoms with Gasteiger partial charge in [-0.25, -0.2) is 4.98 Å². The van der Waals surface area contributed by atoms with Crippen molar-refractivity contribution < 1.29 is 4.79 Å². The molecule has 2 aliphatic rings. The highest BCUT2D eigenvalue weighted by atomic mass is 16.2. The maximum Gasteiger partial charge on any atom is 0.255 e. The molecule has 30 heavy (non-hydrogen) atoms. The van der Waals surface area contributed by atoms with Crippen LogP contribution in [0.25, 0.3) is 0 Å². The number of pyridine rings is 2. The van der Waals surface area contributed by atoms with Crippen LogP contribution in [0.4, 0.5) is 0 Å². The van der Waals surface area contributed by atoms with Crippen LogP contribution in [0.2, 0.25) is 0 Å². The molecular formula is C23H26N6O. The molecule has 154 valence electrons. The van der Waals surface area contributed by atoms with Crippen molar-refractivity contribution in [3.63, 3.8) is 0 Å². The van der Waals surface area contributed by atoms with E-state index in [1.54, 1.807) is 12.4 Å². The maximum atomic E-state index is 12.8. The van der Waals surface area contributed by atoms with E-state index in [0.29, 0.717) is 11.5 Å². The van der Waals surface area contributed by atoms with Crippen LogP contribution in [-0.2, 0) is 13.0 Å². The maximum absolute atomic E-state index is 12.8. The van der Waals surface area contributed by atoms with Crippen LogP contribution in [-0.4, -0.2) is 55.3 Å². The summed E-state index contributed by atoms with van der Waals surface area (Å²) >= 11 is 0. The summed E-state index contributed by atoms with van der Waals surface area (Å²) in [5, 5.41) is 0. The number of amides is 1. The van der Waals surface area contributed by atoms with Crippen LogP contribution in [0.1, 0.15) is 46.2 Å². The summed E-state index contributed by atoms with van der Waals surface area (Å²) in [6.07, 6.45) is 11.9. The van der Waals surface area contributed by atoms with Gasteiger partial charge in [-0.3, -0.25) is 19.7 Å². The highest BCUT2D eigenvalue weighted by Gasteiger charge is 2.38. The van der Waals surface area contributed by atoms with Gasteiger partial charge in [0.15, 0.2) is 0 Å². The number of likely N-dealkylation sites (tertiary alicyclic amines) is 1. The number of nitrogens with zero attached hydrogens (tertiary/aromatic N) is 5. The van der Waals surface area contributed by atoms with Crippen molar-refractivity contribution >= 4 is 5.91 Å². The average Bonchev–Trinajstić information content (AvgIpc) is 3.29. The first-order valence-corrected chi connectivity index (χ1v) is 10.6. The molecule has 0 spiro atoms. The number of H-pyrrole nitrogens is 1. The molecule has 3 aromatic heterocycles. The van der Waals surface area contributed by atoms with E-state index in [1.807, 2.05) is 41.8 Å². The highest BCUT2D eigenvalue weighted by Crippen LogP contribution is 2.39. The van der Waals surface area contributed by atoms with Crippen LogP contribution in [0, 0.1) is 5.92 Å². The predicted octanol–water partition coefficient (Wildman–Crippen LogP) is 2.85. The van der Waals surface area contributed by atoms with Gasteiger partial charge >= 0.3 is 0 Å². The summed E-state index contributed by atoms with van der Waals surface area (Å²) in [6, 6.07) is 8.07. The van der Waals surface area contributed by atoms with E-state index >= 15 is 0 Å². The number of fused-ring (bicyclic) bond motifs is 1. The Morgan fingerprint density at radius 1 is 1.07 bits per heavy atom. The van der Waals surface area contributed by atoms with Crippen LogP contribution >= 0.6 is 0 Å². The number of rotatable bonds is 4. The Kier molecular flexibility index (Phi) is 5.27. The minimum absolute atomic E-state index is 0.0814. The third-order valence-corrected chi connectivity index (χ3v) is 6.36. The summed E-state index contributed by atoms with van der Waals surface area (Å²) in [5.74, 6) is 0.555. The molecule has 3 aromatic rings. The van der Waals surface area contributed by atoms with Gasteiger partial charge < -0.3 is 9.88 Å². The molecule has 0 radical (unpaired) electrons. The van der Waals surface area contributed by atoms with Crippen LogP contribution < -0.4 is 0 Å². The van der Waals surface area contributed by atoms with Gasteiger partial charge in [-0.05, 0) is 42.5 Å². The summed E-state index contributed by atoms with van der Waals surface area (Å²) in [7, 11) is 0. The quantitative estimate of drug-likeness (QED) is 0.726. The van der Waals surface area contributed by atoms with Gasteiger partial charge in [-0.15, -0.1) is 0 Å². The fraction of sp³-hybridized carbons (Fsp3) is 0.391. The Morgan fingerprint density at radius 2 is 1.87 bits per heavy atom. The SMILES string of the molecule is O=C(c1cccnc1)N1CCC(C2c3nc[nH]c3CCN2Cc2cccnc2)CC1. The molecule has 7 heteroatoms. The minimum Gasteiger partial charge on any atom is -0.348 e. The van der Waals surface area contributed by atoms with Gasteiger partial charge in [0.05, 0.1) is 23.6 Å². The van der Waals surface area contributed by atoms with Gasteiger partial charge in [0.1, 0.15) is 0 Å². The molecule has 2 aliphatic heterocycles. The first kappa shape index (κ1) is 18.9. The van der Waals surface area contributed by atoms with E-state index in [2.05, 4.69) is 25.9 Å². The molecule has 1 saturated heterocycles. The Balaban J connectivity index is 1.32. The molecule has 1 amide bonds. The van der Waals surface area contributed by atoms with Crippen molar-refractivity contribution in [1.29, 1.82) is 0 Å². The van der Waals surface area contributed by atoms with Crippen LogP contribution in [0.5, 0.6) is 0 Å². The number of aromatic amines is 1. The first-order chi connectivity index (χ1) is 14.8. The van der Waals surface area contributed by atoms with E-state index in [1.165, 1.54) is 17.0 Å². The lowest BCUT2D eigenvalue weighted by atomic mass is 9.83. The molecule has 1 N–H and O–H groups in total. The Morgan fingerprint density at radius 3 is 2.60 bits per heavy atom. The van der Waals surface area contributed by atoms with E-state index in [-0.39, 0.29) is 11.9 Å². The number of nitrogens with one attached hydrogen (secondary N) is 1. The molecular weight excluding hydrogens is 376 g/mol. The van der Waals surface area contributed by atoms with E-state index in [4.69, 9.17) is 4.98 Å². The normalized spacial score (nSPS) is 20.1. The largest absolute Gasteiger partial charge is 0.348 e. The summed E-state index contributed by atoms with van der Waals surface area (Å²) in [4.78, 5) is 33.7. The number of piperidine rings is 1. The van der Waals surface area contributed by atoms with E-state index < -0.39 is 0 Å². The second-order valence-corrected chi connectivity index (χ2v) is 8.16. The molecule has 0 aromatic carbocycles. The lowest BCUT2D eigenvalue weighted by molar-refractivity contribution is 0.0528. The molecule has 0 aliphatic carbocycles. The lowest BCUT2D eigenvalue weighted by Gasteiger charge is -2.43. The Labute approximate surface area is 176 Å². The molecule has 0 bridgehead atoms. The van der Waals surface area contributed by atoms with Crippen molar-refractivity contribution in [1.82, 2.24) is 29.7 Å². The molecule has 7 nitrogen and oxygen atoms in total. The highest BCUT2D eigenvalue weighted by molar-refractivity contribution is 5.93. The summed E-state index contributed by atoms with van der Waals surface area (Å²) in [6.45, 7) is 3.42. The molecule has 5 rings (SSSR count). The lowest BCUT2D eigenvalue weighted by Crippen LogP contribution is -2.45. The number of carbonyl (C=O) groups excluding carboxylic acids is 1. The molecule has 1 fully saturated rings. The number of carbonyl (C=O) groups is 1. The first-order valence-electron chi connectivity index (χ1n) is 10.6. The second-order valence-electron chi connectivity index (χ2n) is 8.16. The van der Waals surface area contributed by atoms with E-state index in [9.17, 15) is 4.79 Å². The third-order valence-electron chi connectivity index (χ3n) is 6.36. The monoisotopic (exact) mass is 402 g/mol. The Bertz CT molecular complexity index is 981. The standard InChI is InChI=1S/C23H26N6O/c30-23(19-4-2-9-25-14-19)28-10-5-18(6-11-28)22-21-20(26-16-27-21)7-12-29(22)15-17-3-1-8-24-13-17/h1-4,8-9,13-14,16,18,22H,5-7,10-12,15H2,(H,26,27). The molecule has 1 atom stereocenters. The summed E-state index contributed by atoms with van der Waals surface area (Å²) in [5.41, 5.74) is 4.34. The zero-order chi connectivity index (χ0) is 20.3. The molecule has 1 unspecified atom stereocenters. The van der Waals surface area contributed by atoms with Crippen LogP contribution in [0.15, 0.2) is 55.4 Å². The number of imidazole rings is 1. The van der Waals surface area contributed by atoms with Gasteiger partial charge in [0.2, 0.25) is 0 Å². The van der Waals surface area contributed by atoms with Gasteiger partial charge in [0, 0.05) is 63.1 Å². The number of hydrogen-bond donors (Lipinski definition) is 1. The Hall–Kier alpha value is -3.06. The predicted molar refractivity (Wildman–Crippen MR) is 113 cm³/mol. The minimum atomic E-state index is 0.0814. The van der Waals surface area contributed by atoms with Gasteiger partial charge in [-0.2, -0.15) is 0 Å². The van der Waals surface area contributed by atoms with Gasteiger partial charge in [0.25, 0.3) is 5.91 Å².